The second-order valence-corrected chi connectivity index (χ2v) is 6.67. The number of benzene rings is 2. The van der Waals surface area contributed by atoms with E-state index in [1.807, 2.05) is 22.8 Å². The average Bonchev–Trinajstić information content (AvgIpc) is 3.08. The van der Waals surface area contributed by atoms with E-state index in [1.54, 1.807) is 36.0 Å². The molecule has 0 radical (unpaired) electrons. The van der Waals surface area contributed by atoms with E-state index in [4.69, 9.17) is 0 Å². The Balaban J connectivity index is 1.83. The van der Waals surface area contributed by atoms with Crippen molar-refractivity contribution in [3.63, 3.8) is 0 Å². The van der Waals surface area contributed by atoms with Gasteiger partial charge in [0.15, 0.2) is 11.0 Å². The fourth-order valence-electron chi connectivity index (χ4n) is 2.40. The standard InChI is InChI=1S/C19H19FN4OS/c1-2-12-26-19-23-22-17(24(19)16-10-8-15(20)9-11-16)13-21-18(25)14-6-4-3-5-7-14/h3-11H,2,12-13H2,1H3,(H,21,25). The van der Waals surface area contributed by atoms with Crippen molar-refractivity contribution < 1.29 is 9.18 Å². The molecular formula is C19H19FN4OS. The first-order valence-corrected chi connectivity index (χ1v) is 9.34. The molecule has 0 fully saturated rings. The lowest BCUT2D eigenvalue weighted by Crippen LogP contribution is -2.24. The lowest BCUT2D eigenvalue weighted by atomic mass is 10.2. The summed E-state index contributed by atoms with van der Waals surface area (Å²) in [7, 11) is 0. The fourth-order valence-corrected chi connectivity index (χ4v) is 3.23. The molecule has 0 spiro atoms. The summed E-state index contributed by atoms with van der Waals surface area (Å²) in [6, 6.07) is 15.1. The van der Waals surface area contributed by atoms with E-state index in [2.05, 4.69) is 22.4 Å². The maximum absolute atomic E-state index is 13.3. The molecule has 0 atom stereocenters. The Labute approximate surface area is 155 Å². The van der Waals surface area contributed by atoms with Crippen molar-refractivity contribution in [3.8, 4) is 5.69 Å². The maximum atomic E-state index is 13.3. The number of rotatable bonds is 7. The zero-order valence-corrected chi connectivity index (χ0v) is 15.2. The van der Waals surface area contributed by atoms with Crippen molar-refractivity contribution in [2.24, 2.45) is 0 Å². The molecule has 134 valence electrons. The number of nitrogens with zero attached hydrogens (tertiary/aromatic N) is 3. The van der Waals surface area contributed by atoms with Crippen molar-refractivity contribution in [1.29, 1.82) is 0 Å². The van der Waals surface area contributed by atoms with E-state index >= 15 is 0 Å². The van der Waals surface area contributed by atoms with Gasteiger partial charge >= 0.3 is 0 Å². The van der Waals surface area contributed by atoms with Crippen LogP contribution in [0.5, 0.6) is 0 Å². The molecule has 1 N–H and O–H groups in total. The third kappa shape index (κ3) is 4.29. The number of thioether (sulfide) groups is 1. The highest BCUT2D eigenvalue weighted by Gasteiger charge is 2.15. The summed E-state index contributed by atoms with van der Waals surface area (Å²) >= 11 is 1.58. The molecule has 1 amide bonds. The average molecular weight is 370 g/mol. The van der Waals surface area contributed by atoms with Crippen LogP contribution in [-0.4, -0.2) is 26.4 Å². The zero-order valence-electron chi connectivity index (χ0n) is 14.4. The Morgan fingerprint density at radius 2 is 1.85 bits per heavy atom. The number of amides is 1. The van der Waals surface area contributed by atoms with Crippen LogP contribution in [0.4, 0.5) is 4.39 Å². The van der Waals surface area contributed by atoms with Crippen molar-refractivity contribution >= 4 is 17.7 Å². The van der Waals surface area contributed by atoms with Crippen molar-refractivity contribution in [3.05, 3.63) is 71.8 Å². The van der Waals surface area contributed by atoms with Crippen LogP contribution in [0, 0.1) is 5.82 Å². The molecule has 0 bridgehead atoms. The molecule has 2 aromatic carbocycles. The lowest BCUT2D eigenvalue weighted by Gasteiger charge is -2.11. The van der Waals surface area contributed by atoms with Crippen molar-refractivity contribution in [2.45, 2.75) is 25.0 Å². The predicted molar refractivity (Wildman–Crippen MR) is 99.9 cm³/mol. The minimum Gasteiger partial charge on any atom is -0.345 e. The predicted octanol–water partition coefficient (Wildman–Crippen LogP) is 3.84. The van der Waals surface area contributed by atoms with Crippen LogP contribution in [0.3, 0.4) is 0 Å². The van der Waals surface area contributed by atoms with E-state index < -0.39 is 0 Å². The molecule has 0 saturated carbocycles. The number of carbonyl (C=O) groups excluding carboxylic acids is 1. The van der Waals surface area contributed by atoms with Crippen LogP contribution in [-0.2, 0) is 6.54 Å². The van der Waals surface area contributed by atoms with Crippen molar-refractivity contribution in [1.82, 2.24) is 20.1 Å². The number of aromatic nitrogens is 3. The highest BCUT2D eigenvalue weighted by atomic mass is 32.2. The summed E-state index contributed by atoms with van der Waals surface area (Å²) in [6.45, 7) is 2.32. The van der Waals surface area contributed by atoms with Gasteiger partial charge in [-0.05, 0) is 42.8 Å². The smallest absolute Gasteiger partial charge is 0.251 e. The highest BCUT2D eigenvalue weighted by Crippen LogP contribution is 2.23. The third-order valence-electron chi connectivity index (χ3n) is 3.66. The summed E-state index contributed by atoms with van der Waals surface area (Å²) in [5.74, 6) is 1.01. The van der Waals surface area contributed by atoms with Crippen LogP contribution in [0.15, 0.2) is 59.8 Å². The Kier molecular flexibility index (Phi) is 6.01. The van der Waals surface area contributed by atoms with Gasteiger partial charge in [0.2, 0.25) is 0 Å². The van der Waals surface area contributed by atoms with Crippen LogP contribution in [0.25, 0.3) is 5.69 Å². The molecule has 0 unspecified atom stereocenters. The number of nitrogens with one attached hydrogen (secondary N) is 1. The molecule has 5 nitrogen and oxygen atoms in total. The van der Waals surface area contributed by atoms with Gasteiger partial charge in [0.05, 0.1) is 6.54 Å². The zero-order chi connectivity index (χ0) is 18.4. The molecule has 1 aromatic heterocycles. The van der Waals surface area contributed by atoms with Crippen molar-refractivity contribution in [2.75, 3.05) is 5.75 Å². The van der Waals surface area contributed by atoms with Gasteiger partial charge in [0.25, 0.3) is 5.91 Å². The van der Waals surface area contributed by atoms with Gasteiger partial charge in [0.1, 0.15) is 5.82 Å². The molecule has 1 heterocycles. The van der Waals surface area contributed by atoms with E-state index in [-0.39, 0.29) is 18.3 Å². The van der Waals surface area contributed by atoms with E-state index in [9.17, 15) is 9.18 Å². The summed E-state index contributed by atoms with van der Waals surface area (Å²) in [4.78, 5) is 12.3. The number of carbonyl (C=O) groups is 1. The van der Waals surface area contributed by atoms with E-state index in [1.165, 1.54) is 12.1 Å². The lowest BCUT2D eigenvalue weighted by molar-refractivity contribution is 0.0949. The molecular weight excluding hydrogens is 351 g/mol. The molecule has 0 aliphatic heterocycles. The van der Waals surface area contributed by atoms with Gasteiger partial charge in [0, 0.05) is 17.0 Å². The van der Waals surface area contributed by atoms with Crippen LogP contribution in [0.1, 0.15) is 29.5 Å². The first-order chi connectivity index (χ1) is 12.7. The summed E-state index contributed by atoms with van der Waals surface area (Å²) < 4.78 is 15.1. The summed E-state index contributed by atoms with van der Waals surface area (Å²) in [5, 5.41) is 12.0. The monoisotopic (exact) mass is 370 g/mol. The largest absolute Gasteiger partial charge is 0.345 e. The number of halogens is 1. The topological polar surface area (TPSA) is 59.8 Å². The molecule has 26 heavy (non-hydrogen) atoms. The Morgan fingerprint density at radius 3 is 2.54 bits per heavy atom. The Morgan fingerprint density at radius 1 is 1.12 bits per heavy atom. The Bertz CT molecular complexity index is 865. The molecule has 0 aliphatic rings. The molecule has 3 aromatic rings. The number of hydrogen-bond acceptors (Lipinski definition) is 4. The molecule has 0 saturated heterocycles. The van der Waals surface area contributed by atoms with Crippen LogP contribution >= 0.6 is 11.8 Å². The van der Waals surface area contributed by atoms with Crippen LogP contribution in [0.2, 0.25) is 0 Å². The fraction of sp³-hybridized carbons (Fsp3) is 0.211. The first kappa shape index (κ1) is 18.1. The van der Waals surface area contributed by atoms with Gasteiger partial charge in [-0.2, -0.15) is 0 Å². The first-order valence-electron chi connectivity index (χ1n) is 8.35. The molecule has 7 heteroatoms. The normalized spacial score (nSPS) is 10.7. The SMILES string of the molecule is CCCSc1nnc(CNC(=O)c2ccccc2)n1-c1ccc(F)cc1. The molecule has 0 aliphatic carbocycles. The maximum Gasteiger partial charge on any atom is 0.251 e. The molecule has 3 rings (SSSR count). The van der Waals surface area contributed by atoms with Gasteiger partial charge in [-0.3, -0.25) is 9.36 Å². The summed E-state index contributed by atoms with van der Waals surface area (Å²) in [5.41, 5.74) is 1.35. The minimum absolute atomic E-state index is 0.179. The van der Waals surface area contributed by atoms with E-state index in [0.717, 1.165) is 23.0 Å². The Hall–Kier alpha value is -2.67. The second kappa shape index (κ2) is 8.62. The quantitative estimate of drug-likeness (QED) is 0.642. The highest BCUT2D eigenvalue weighted by molar-refractivity contribution is 7.99. The second-order valence-electron chi connectivity index (χ2n) is 5.61. The van der Waals surface area contributed by atoms with Gasteiger partial charge in [-0.15, -0.1) is 10.2 Å². The van der Waals surface area contributed by atoms with Gasteiger partial charge in [-0.1, -0.05) is 36.9 Å². The minimum atomic E-state index is -0.302. The summed E-state index contributed by atoms with van der Waals surface area (Å²) in [6.07, 6.45) is 1.00. The number of hydrogen-bond donors (Lipinski definition) is 1. The van der Waals surface area contributed by atoms with Crippen LogP contribution < -0.4 is 5.32 Å². The van der Waals surface area contributed by atoms with Gasteiger partial charge < -0.3 is 5.32 Å². The van der Waals surface area contributed by atoms with Gasteiger partial charge in [-0.25, -0.2) is 4.39 Å². The van der Waals surface area contributed by atoms with E-state index in [0.29, 0.717) is 11.4 Å². The third-order valence-corrected chi connectivity index (χ3v) is 4.80.